The fraction of sp³-hybridized carbons (Fsp3) is 0.400. The van der Waals surface area contributed by atoms with Crippen LogP contribution in [0.4, 0.5) is 0 Å². The molecule has 0 amide bonds. The molecule has 3 heteroatoms. The summed E-state index contributed by atoms with van der Waals surface area (Å²) in [6.07, 6.45) is 0.795. The molecule has 0 fully saturated rings. The molecule has 0 atom stereocenters. The molecule has 1 aromatic rings. The van der Waals surface area contributed by atoms with Gasteiger partial charge in [0.15, 0.2) is 0 Å². The van der Waals surface area contributed by atoms with Gasteiger partial charge in [0.25, 0.3) is 0 Å². The minimum Gasteiger partial charge on any atom is -0.507 e. The van der Waals surface area contributed by atoms with E-state index in [1.165, 1.54) is 0 Å². The molecule has 0 saturated carbocycles. The van der Waals surface area contributed by atoms with Crippen LogP contribution in [0.15, 0.2) is 12.1 Å². The van der Waals surface area contributed by atoms with E-state index in [2.05, 4.69) is 5.32 Å². The van der Waals surface area contributed by atoms with E-state index in [0.29, 0.717) is 10.8 Å². The van der Waals surface area contributed by atoms with Gasteiger partial charge in [-0.3, -0.25) is 0 Å². The molecule has 0 aliphatic heterocycles. The molecule has 0 aromatic heterocycles. The molecule has 1 aromatic carbocycles. The molecule has 13 heavy (non-hydrogen) atoms. The lowest BCUT2D eigenvalue weighted by atomic mass is 10.1. The van der Waals surface area contributed by atoms with E-state index in [9.17, 15) is 5.11 Å². The molecule has 72 valence electrons. The second kappa shape index (κ2) is 4.49. The number of hydrogen-bond donors (Lipinski definition) is 2. The molecule has 0 heterocycles. The first kappa shape index (κ1) is 10.4. The third-order valence-electron chi connectivity index (χ3n) is 1.99. The molecule has 0 radical (unpaired) electrons. The maximum Gasteiger partial charge on any atom is 0.121 e. The Morgan fingerprint density at radius 1 is 1.46 bits per heavy atom. The molecule has 2 N–H and O–H groups in total. The van der Waals surface area contributed by atoms with Gasteiger partial charge in [0.05, 0.1) is 0 Å². The molecule has 0 unspecified atom stereocenters. The van der Waals surface area contributed by atoms with Crippen LogP contribution < -0.4 is 5.32 Å². The summed E-state index contributed by atoms with van der Waals surface area (Å²) in [4.78, 5) is 0. The van der Waals surface area contributed by atoms with Crippen molar-refractivity contribution in [1.82, 2.24) is 5.32 Å². The summed E-state index contributed by atoms with van der Waals surface area (Å²) >= 11 is 5.87. The first-order valence-corrected chi connectivity index (χ1v) is 4.65. The number of rotatable bonds is 3. The lowest BCUT2D eigenvalue weighted by Crippen LogP contribution is -2.10. The van der Waals surface area contributed by atoms with Gasteiger partial charge in [0.2, 0.25) is 0 Å². The highest BCUT2D eigenvalue weighted by atomic mass is 35.5. The monoisotopic (exact) mass is 199 g/mol. The largest absolute Gasteiger partial charge is 0.507 e. The van der Waals surface area contributed by atoms with Crippen molar-refractivity contribution in [2.24, 2.45) is 0 Å². The Hall–Kier alpha value is -0.730. The van der Waals surface area contributed by atoms with Crippen molar-refractivity contribution in [1.29, 1.82) is 0 Å². The minimum absolute atomic E-state index is 0.361. The number of likely N-dealkylation sites (N-methyl/N-ethyl adjacent to an activating group) is 1. The third-order valence-corrected chi connectivity index (χ3v) is 2.21. The van der Waals surface area contributed by atoms with Gasteiger partial charge >= 0.3 is 0 Å². The molecular formula is C10H14ClNO. The maximum atomic E-state index is 9.66. The molecule has 0 aliphatic rings. The Morgan fingerprint density at radius 3 is 2.77 bits per heavy atom. The second-order valence-corrected chi connectivity index (χ2v) is 3.52. The second-order valence-electron chi connectivity index (χ2n) is 3.08. The summed E-state index contributed by atoms with van der Waals surface area (Å²) < 4.78 is 0. The number of aryl methyl sites for hydroxylation is 1. The fourth-order valence-corrected chi connectivity index (χ4v) is 1.55. The third kappa shape index (κ3) is 2.61. The van der Waals surface area contributed by atoms with Gasteiger partial charge in [-0.2, -0.15) is 0 Å². The van der Waals surface area contributed by atoms with Crippen molar-refractivity contribution < 1.29 is 5.11 Å². The smallest absolute Gasteiger partial charge is 0.121 e. The average molecular weight is 200 g/mol. The summed E-state index contributed by atoms with van der Waals surface area (Å²) in [7, 11) is 1.88. The lowest BCUT2D eigenvalue weighted by Gasteiger charge is -2.07. The van der Waals surface area contributed by atoms with Crippen LogP contribution in [0.5, 0.6) is 5.75 Å². The number of benzene rings is 1. The van der Waals surface area contributed by atoms with Crippen molar-refractivity contribution in [3.63, 3.8) is 0 Å². The van der Waals surface area contributed by atoms with Crippen LogP contribution in [0.2, 0.25) is 5.02 Å². The highest BCUT2D eigenvalue weighted by Crippen LogP contribution is 2.26. The van der Waals surface area contributed by atoms with Crippen molar-refractivity contribution >= 4 is 11.6 Å². The summed E-state index contributed by atoms with van der Waals surface area (Å²) in [6, 6.07) is 3.57. The first-order chi connectivity index (χ1) is 6.15. The normalized spacial score (nSPS) is 10.4. The Morgan fingerprint density at radius 2 is 2.15 bits per heavy atom. The van der Waals surface area contributed by atoms with Crippen LogP contribution in [-0.4, -0.2) is 18.7 Å². The highest BCUT2D eigenvalue weighted by Gasteiger charge is 2.05. The Bertz CT molecular complexity index is 299. The van der Waals surface area contributed by atoms with E-state index in [0.717, 1.165) is 24.1 Å². The van der Waals surface area contributed by atoms with E-state index < -0.39 is 0 Å². The number of phenolic OH excluding ortho intramolecular Hbond substituents is 1. The van der Waals surface area contributed by atoms with Gasteiger partial charge < -0.3 is 10.4 Å². The van der Waals surface area contributed by atoms with Gasteiger partial charge in [-0.25, -0.2) is 0 Å². The highest BCUT2D eigenvalue weighted by molar-refractivity contribution is 6.30. The van der Waals surface area contributed by atoms with Gasteiger partial charge in [-0.1, -0.05) is 11.6 Å². The minimum atomic E-state index is 0.361. The Labute approximate surface area is 83.5 Å². The summed E-state index contributed by atoms with van der Waals surface area (Å²) in [6.45, 7) is 2.69. The predicted molar refractivity (Wildman–Crippen MR) is 55.5 cm³/mol. The molecule has 0 saturated heterocycles. The van der Waals surface area contributed by atoms with Gasteiger partial charge in [0, 0.05) is 5.02 Å². The SMILES string of the molecule is CNCCc1cc(Cl)cc(C)c1O. The van der Waals surface area contributed by atoms with Gasteiger partial charge in [-0.05, 0) is 50.2 Å². The number of phenols is 1. The number of halogens is 1. The summed E-state index contributed by atoms with van der Waals surface area (Å²) in [5.74, 6) is 0.361. The lowest BCUT2D eigenvalue weighted by molar-refractivity contribution is 0.463. The molecule has 0 bridgehead atoms. The topological polar surface area (TPSA) is 32.3 Å². The van der Waals surface area contributed by atoms with Crippen molar-refractivity contribution in [3.8, 4) is 5.75 Å². The standard InChI is InChI=1S/C10H14ClNO/c1-7-5-9(11)6-8(10(7)13)3-4-12-2/h5-6,12-13H,3-4H2,1-2H3. The Balaban J connectivity index is 2.92. The van der Waals surface area contributed by atoms with Crippen LogP contribution >= 0.6 is 11.6 Å². The van der Waals surface area contributed by atoms with Gasteiger partial charge in [0.1, 0.15) is 5.75 Å². The summed E-state index contributed by atoms with van der Waals surface area (Å²) in [5.41, 5.74) is 1.73. The van der Waals surface area contributed by atoms with Crippen LogP contribution in [0.3, 0.4) is 0 Å². The number of nitrogens with one attached hydrogen (secondary N) is 1. The van der Waals surface area contributed by atoms with E-state index in [1.807, 2.05) is 14.0 Å². The molecule has 1 rings (SSSR count). The predicted octanol–water partition coefficient (Wildman–Crippen LogP) is 2.12. The zero-order valence-electron chi connectivity index (χ0n) is 7.89. The molecule has 2 nitrogen and oxygen atoms in total. The fourth-order valence-electron chi connectivity index (χ4n) is 1.26. The molecule has 0 aliphatic carbocycles. The van der Waals surface area contributed by atoms with Crippen LogP contribution in [-0.2, 0) is 6.42 Å². The summed E-state index contributed by atoms with van der Waals surface area (Å²) in [5, 5.41) is 13.4. The number of hydrogen-bond acceptors (Lipinski definition) is 2. The van der Waals surface area contributed by atoms with E-state index in [1.54, 1.807) is 12.1 Å². The first-order valence-electron chi connectivity index (χ1n) is 4.27. The quantitative estimate of drug-likeness (QED) is 0.782. The van der Waals surface area contributed by atoms with Crippen LogP contribution in [0.1, 0.15) is 11.1 Å². The average Bonchev–Trinajstić information content (AvgIpc) is 2.09. The van der Waals surface area contributed by atoms with Gasteiger partial charge in [-0.15, -0.1) is 0 Å². The van der Waals surface area contributed by atoms with Crippen molar-refractivity contribution in [2.75, 3.05) is 13.6 Å². The van der Waals surface area contributed by atoms with E-state index in [-0.39, 0.29) is 0 Å². The van der Waals surface area contributed by atoms with Crippen LogP contribution in [0, 0.1) is 6.92 Å². The molecule has 0 spiro atoms. The van der Waals surface area contributed by atoms with Crippen molar-refractivity contribution in [3.05, 3.63) is 28.3 Å². The Kier molecular flexibility index (Phi) is 3.58. The van der Waals surface area contributed by atoms with E-state index in [4.69, 9.17) is 11.6 Å². The zero-order chi connectivity index (χ0) is 9.84. The zero-order valence-corrected chi connectivity index (χ0v) is 8.65. The van der Waals surface area contributed by atoms with Crippen molar-refractivity contribution in [2.45, 2.75) is 13.3 Å². The van der Waals surface area contributed by atoms with Crippen LogP contribution in [0.25, 0.3) is 0 Å². The number of aromatic hydroxyl groups is 1. The molecular weight excluding hydrogens is 186 g/mol. The van der Waals surface area contributed by atoms with E-state index >= 15 is 0 Å². The maximum absolute atomic E-state index is 9.66.